The van der Waals surface area contributed by atoms with E-state index >= 15 is 0 Å². The van der Waals surface area contributed by atoms with Crippen LogP contribution >= 0.6 is 11.6 Å². The van der Waals surface area contributed by atoms with E-state index in [1.807, 2.05) is 66.7 Å². The minimum absolute atomic E-state index is 0.199. The number of amides is 1. The molecule has 0 saturated carbocycles. The van der Waals surface area contributed by atoms with Crippen LogP contribution in [0.15, 0.2) is 83.5 Å². The van der Waals surface area contributed by atoms with Crippen molar-refractivity contribution in [3.8, 4) is 11.5 Å². The van der Waals surface area contributed by atoms with Crippen molar-refractivity contribution in [2.75, 3.05) is 11.7 Å². The van der Waals surface area contributed by atoms with Gasteiger partial charge in [0.1, 0.15) is 11.5 Å². The van der Waals surface area contributed by atoms with Crippen LogP contribution < -0.4 is 14.4 Å². The number of fused-ring (bicyclic) bond motifs is 1. The highest BCUT2D eigenvalue weighted by Gasteiger charge is 2.33. The van der Waals surface area contributed by atoms with Gasteiger partial charge < -0.3 is 9.47 Å². The first-order valence-corrected chi connectivity index (χ1v) is 9.43. The lowest BCUT2D eigenvalue weighted by atomic mass is 10.1. The van der Waals surface area contributed by atoms with Crippen molar-refractivity contribution in [3.05, 3.63) is 94.6 Å². The van der Waals surface area contributed by atoms with Crippen LogP contribution in [0.25, 0.3) is 6.08 Å². The van der Waals surface area contributed by atoms with Crippen molar-refractivity contribution >= 4 is 35.1 Å². The molecule has 0 radical (unpaired) electrons. The van der Waals surface area contributed by atoms with Crippen LogP contribution in [0.1, 0.15) is 11.1 Å². The second-order valence-corrected chi connectivity index (χ2v) is 6.94. The first-order chi connectivity index (χ1) is 14.2. The van der Waals surface area contributed by atoms with E-state index in [9.17, 15) is 4.79 Å². The average molecular weight is 403 g/mol. The van der Waals surface area contributed by atoms with Gasteiger partial charge in [-0.3, -0.25) is 9.69 Å². The molecule has 0 saturated heterocycles. The Balaban J connectivity index is 1.62. The third-order valence-corrected chi connectivity index (χ3v) is 5.02. The van der Waals surface area contributed by atoms with Crippen LogP contribution in [0, 0.1) is 0 Å². The topological polar surface area (TPSA) is 51.1 Å². The second-order valence-electron chi connectivity index (χ2n) is 6.53. The first kappa shape index (κ1) is 17.5. The van der Waals surface area contributed by atoms with Crippen LogP contribution in [-0.4, -0.2) is 18.5 Å². The quantitative estimate of drug-likeness (QED) is 0.585. The van der Waals surface area contributed by atoms with E-state index in [1.54, 1.807) is 17.0 Å². The monoisotopic (exact) mass is 402 g/mol. The fraction of sp³-hybridized carbons (Fsp3) is 0.0435. The zero-order chi connectivity index (χ0) is 19.8. The Morgan fingerprint density at radius 2 is 1.69 bits per heavy atom. The normalized spacial score (nSPS) is 16.4. The highest BCUT2D eigenvalue weighted by atomic mass is 35.5. The van der Waals surface area contributed by atoms with Gasteiger partial charge in [-0.05, 0) is 48.0 Å². The molecule has 0 bridgehead atoms. The molecule has 0 spiro atoms. The SMILES string of the molecule is O=C1/C(=C\c2ccc3c(c2)OCO3)N=C(c2ccccc2Cl)N1c1ccccc1. The molecule has 0 atom stereocenters. The van der Waals surface area contributed by atoms with Crippen molar-refractivity contribution in [1.29, 1.82) is 0 Å². The minimum Gasteiger partial charge on any atom is -0.454 e. The molecule has 29 heavy (non-hydrogen) atoms. The zero-order valence-corrected chi connectivity index (χ0v) is 16.0. The molecule has 0 aromatic heterocycles. The molecule has 5 nitrogen and oxygen atoms in total. The van der Waals surface area contributed by atoms with Gasteiger partial charge >= 0.3 is 0 Å². The number of para-hydroxylation sites is 1. The van der Waals surface area contributed by atoms with Crippen LogP contribution in [0.2, 0.25) is 5.02 Å². The molecule has 0 fully saturated rings. The van der Waals surface area contributed by atoms with E-state index in [2.05, 4.69) is 4.99 Å². The number of carbonyl (C=O) groups excluding carboxylic acids is 1. The molecule has 3 aromatic rings. The number of aliphatic imine (C=N–C) groups is 1. The molecule has 2 aliphatic heterocycles. The molecule has 3 aromatic carbocycles. The van der Waals surface area contributed by atoms with E-state index in [1.165, 1.54) is 0 Å². The maximum atomic E-state index is 13.3. The van der Waals surface area contributed by atoms with Crippen molar-refractivity contribution < 1.29 is 14.3 Å². The van der Waals surface area contributed by atoms with Crippen LogP contribution in [-0.2, 0) is 4.79 Å². The van der Waals surface area contributed by atoms with Crippen LogP contribution in [0.4, 0.5) is 5.69 Å². The lowest BCUT2D eigenvalue weighted by Gasteiger charge is -2.19. The summed E-state index contributed by atoms with van der Waals surface area (Å²) in [5.74, 6) is 1.62. The molecule has 6 heteroatoms. The Morgan fingerprint density at radius 3 is 2.52 bits per heavy atom. The largest absolute Gasteiger partial charge is 0.454 e. The molecular formula is C23H15ClN2O3. The summed E-state index contributed by atoms with van der Waals surface area (Å²) in [5.41, 5.74) is 2.54. The van der Waals surface area contributed by atoms with Gasteiger partial charge in [-0.1, -0.05) is 48.0 Å². The number of benzene rings is 3. The fourth-order valence-corrected chi connectivity index (χ4v) is 3.54. The summed E-state index contributed by atoms with van der Waals surface area (Å²) in [6.07, 6.45) is 1.74. The molecule has 2 heterocycles. The third kappa shape index (κ3) is 3.15. The van der Waals surface area contributed by atoms with Crippen molar-refractivity contribution in [1.82, 2.24) is 0 Å². The van der Waals surface area contributed by atoms with Gasteiger partial charge in [0, 0.05) is 5.56 Å². The number of amidine groups is 1. The summed E-state index contributed by atoms with van der Waals surface area (Å²) in [4.78, 5) is 19.5. The number of ether oxygens (including phenoxy) is 2. The molecule has 0 aliphatic carbocycles. The van der Waals surface area contributed by atoms with Gasteiger partial charge in [-0.15, -0.1) is 0 Å². The van der Waals surface area contributed by atoms with Gasteiger partial charge in [0.15, 0.2) is 11.5 Å². The maximum Gasteiger partial charge on any atom is 0.282 e. The number of carbonyl (C=O) groups is 1. The molecular weight excluding hydrogens is 388 g/mol. The molecule has 142 valence electrons. The van der Waals surface area contributed by atoms with Crippen LogP contribution in [0.5, 0.6) is 11.5 Å². The summed E-state index contributed by atoms with van der Waals surface area (Å²) in [6.45, 7) is 0.199. The lowest BCUT2D eigenvalue weighted by molar-refractivity contribution is -0.113. The number of anilines is 1. The lowest BCUT2D eigenvalue weighted by Crippen LogP contribution is -2.32. The summed E-state index contributed by atoms with van der Waals surface area (Å²) >= 11 is 6.41. The Bertz CT molecular complexity index is 1170. The highest BCUT2D eigenvalue weighted by Crippen LogP contribution is 2.34. The number of nitrogens with zero attached hydrogens (tertiary/aromatic N) is 2. The molecule has 0 N–H and O–H groups in total. The Labute approximate surface area is 172 Å². The second kappa shape index (κ2) is 7.11. The number of hydrogen-bond donors (Lipinski definition) is 0. The van der Waals surface area contributed by atoms with Gasteiger partial charge in [0.2, 0.25) is 6.79 Å². The number of hydrogen-bond acceptors (Lipinski definition) is 4. The molecule has 1 amide bonds. The van der Waals surface area contributed by atoms with Crippen molar-refractivity contribution in [3.63, 3.8) is 0 Å². The standard InChI is InChI=1S/C23H15ClN2O3/c24-18-9-5-4-8-17(18)22-25-19(23(27)26(22)16-6-2-1-3-7-16)12-15-10-11-20-21(13-15)29-14-28-20/h1-13H,14H2/b19-12+. The number of halogens is 1. The Morgan fingerprint density at radius 1 is 0.931 bits per heavy atom. The van der Waals surface area contributed by atoms with Gasteiger partial charge in [0.05, 0.1) is 10.7 Å². The molecule has 0 unspecified atom stereocenters. The summed E-state index contributed by atoms with van der Waals surface area (Å²) in [7, 11) is 0. The smallest absolute Gasteiger partial charge is 0.282 e. The van der Waals surface area contributed by atoms with Gasteiger partial charge in [-0.25, -0.2) is 4.99 Å². The predicted molar refractivity (Wildman–Crippen MR) is 112 cm³/mol. The number of rotatable bonds is 3. The fourth-order valence-electron chi connectivity index (χ4n) is 3.32. The third-order valence-electron chi connectivity index (χ3n) is 4.69. The summed E-state index contributed by atoms with van der Waals surface area (Å²) in [5, 5.41) is 0.532. The van der Waals surface area contributed by atoms with Crippen molar-refractivity contribution in [2.45, 2.75) is 0 Å². The summed E-state index contributed by atoms with van der Waals surface area (Å²) in [6, 6.07) is 22.3. The van der Waals surface area contributed by atoms with Gasteiger partial charge in [0.25, 0.3) is 5.91 Å². The van der Waals surface area contributed by atoms with E-state index in [-0.39, 0.29) is 12.7 Å². The maximum absolute atomic E-state index is 13.3. The van der Waals surface area contributed by atoms with Crippen LogP contribution in [0.3, 0.4) is 0 Å². The van der Waals surface area contributed by atoms with E-state index in [4.69, 9.17) is 21.1 Å². The Hall–Kier alpha value is -3.57. The molecule has 5 rings (SSSR count). The first-order valence-electron chi connectivity index (χ1n) is 9.05. The predicted octanol–water partition coefficient (Wildman–Crippen LogP) is 4.90. The average Bonchev–Trinajstić information content (AvgIpc) is 3.33. The van der Waals surface area contributed by atoms with E-state index < -0.39 is 0 Å². The highest BCUT2D eigenvalue weighted by molar-refractivity contribution is 6.39. The van der Waals surface area contributed by atoms with E-state index in [0.29, 0.717) is 33.6 Å². The zero-order valence-electron chi connectivity index (χ0n) is 15.2. The van der Waals surface area contributed by atoms with E-state index in [0.717, 1.165) is 11.3 Å². The Kier molecular flexibility index (Phi) is 4.30. The summed E-state index contributed by atoms with van der Waals surface area (Å²) < 4.78 is 10.8. The minimum atomic E-state index is -0.219. The van der Waals surface area contributed by atoms with Gasteiger partial charge in [-0.2, -0.15) is 0 Å². The molecule has 2 aliphatic rings. The van der Waals surface area contributed by atoms with Crippen molar-refractivity contribution in [2.24, 2.45) is 4.99 Å².